The van der Waals surface area contributed by atoms with Gasteiger partial charge in [0.15, 0.2) is 23.9 Å². The lowest BCUT2D eigenvalue weighted by Crippen LogP contribution is -2.41. The minimum atomic E-state index is -0.857. The highest BCUT2D eigenvalue weighted by molar-refractivity contribution is 5.82. The quantitative estimate of drug-likeness (QED) is 0.302. The zero-order valence-corrected chi connectivity index (χ0v) is 26.3. The first-order chi connectivity index (χ1) is 21.8. The fourth-order valence-electron chi connectivity index (χ4n) is 5.85. The van der Waals surface area contributed by atoms with E-state index in [1.54, 1.807) is 21.1 Å². The molecular weight excluding hydrogens is 576 g/mol. The molecule has 5 rings (SSSR count). The lowest BCUT2D eigenvalue weighted by Gasteiger charge is -2.39. The molecule has 0 spiro atoms. The summed E-state index contributed by atoms with van der Waals surface area (Å²) in [5.74, 6) is 0.625. The minimum absolute atomic E-state index is 0.0112. The zero-order valence-electron chi connectivity index (χ0n) is 26.3. The second-order valence-electron chi connectivity index (χ2n) is 11.5. The van der Waals surface area contributed by atoms with Gasteiger partial charge >= 0.3 is 5.97 Å². The highest BCUT2D eigenvalue weighted by Crippen LogP contribution is 2.39. The maximum atomic E-state index is 12.2. The molecule has 2 aliphatic heterocycles. The van der Waals surface area contributed by atoms with Crippen molar-refractivity contribution in [3.05, 3.63) is 94.0 Å². The van der Waals surface area contributed by atoms with E-state index in [-0.39, 0.29) is 24.7 Å². The molecule has 0 radical (unpaired) electrons. The number of rotatable bonds is 11. The summed E-state index contributed by atoms with van der Waals surface area (Å²) in [4.78, 5) is 25.8. The second-order valence-corrected chi connectivity index (χ2v) is 11.5. The van der Waals surface area contributed by atoms with E-state index >= 15 is 0 Å². The number of methoxy groups -OCH3 is 2. The molecule has 2 heterocycles. The van der Waals surface area contributed by atoms with E-state index in [1.165, 1.54) is 18.1 Å². The number of ether oxygens (including phenoxy) is 5. The highest BCUT2D eigenvalue weighted by atomic mass is 16.7. The smallest absolute Gasteiger partial charge is 0.303 e. The molecule has 1 fully saturated rings. The van der Waals surface area contributed by atoms with Crippen LogP contribution in [0.5, 0.6) is 11.5 Å². The first kappa shape index (κ1) is 32.4. The van der Waals surface area contributed by atoms with Crippen molar-refractivity contribution in [1.82, 2.24) is 10.2 Å². The highest BCUT2D eigenvalue weighted by Gasteiger charge is 2.34. The predicted octanol–water partition coefficient (Wildman–Crippen LogP) is 4.37. The van der Waals surface area contributed by atoms with E-state index in [0.29, 0.717) is 13.0 Å². The van der Waals surface area contributed by atoms with E-state index in [0.717, 1.165) is 59.8 Å². The fraction of sp³-hybridized carbons (Fsp3) is 0.429. The van der Waals surface area contributed by atoms with E-state index in [9.17, 15) is 14.7 Å². The molecule has 10 nitrogen and oxygen atoms in total. The van der Waals surface area contributed by atoms with Crippen LogP contribution in [-0.2, 0) is 49.9 Å². The molecule has 2 N–H and O–H groups in total. The van der Waals surface area contributed by atoms with Crippen LogP contribution in [0.4, 0.5) is 0 Å². The van der Waals surface area contributed by atoms with Crippen LogP contribution in [0.15, 0.2) is 60.7 Å². The van der Waals surface area contributed by atoms with Crippen LogP contribution in [-0.4, -0.2) is 61.4 Å². The predicted molar refractivity (Wildman–Crippen MR) is 166 cm³/mol. The molecule has 4 atom stereocenters. The maximum Gasteiger partial charge on any atom is 0.303 e. The van der Waals surface area contributed by atoms with Crippen LogP contribution in [0.3, 0.4) is 0 Å². The van der Waals surface area contributed by atoms with Crippen LogP contribution in [0.25, 0.3) is 0 Å². The topological polar surface area (TPSA) is 116 Å². The maximum absolute atomic E-state index is 12.2. The fourth-order valence-corrected chi connectivity index (χ4v) is 5.85. The number of aliphatic hydroxyl groups is 1. The summed E-state index contributed by atoms with van der Waals surface area (Å²) in [5, 5.41) is 12.3. The van der Waals surface area contributed by atoms with Gasteiger partial charge in [0, 0.05) is 45.1 Å². The van der Waals surface area contributed by atoms with Crippen molar-refractivity contribution in [3.8, 4) is 11.5 Å². The largest absolute Gasteiger partial charge is 0.493 e. The van der Waals surface area contributed by atoms with Gasteiger partial charge in [-0.1, -0.05) is 48.5 Å². The Balaban J connectivity index is 1.29. The van der Waals surface area contributed by atoms with Gasteiger partial charge in [0.1, 0.15) is 0 Å². The number of hydrogen-bond donors (Lipinski definition) is 2. The SMILES string of the molecule is COc1cc2c(cc1OC)CN(C[C@@H]1C[C@H](c3ccc(CO)cc3)OC(c3ccc(CNC(=O)[C@H](C)OC(C)=O)cc3)O1)CC2. The number of aliphatic hydroxyl groups excluding tert-OH is 1. The molecule has 1 unspecified atom stereocenters. The molecule has 0 aromatic heterocycles. The van der Waals surface area contributed by atoms with E-state index < -0.39 is 18.4 Å². The molecule has 0 aliphatic carbocycles. The monoisotopic (exact) mass is 618 g/mol. The summed E-state index contributed by atoms with van der Waals surface area (Å²) in [5.41, 5.74) is 6.15. The van der Waals surface area contributed by atoms with Gasteiger partial charge in [-0.2, -0.15) is 0 Å². The molecule has 1 saturated heterocycles. The Morgan fingerprint density at radius 1 is 0.956 bits per heavy atom. The lowest BCUT2D eigenvalue weighted by atomic mass is 9.97. The van der Waals surface area contributed by atoms with Gasteiger partial charge < -0.3 is 34.1 Å². The van der Waals surface area contributed by atoms with Gasteiger partial charge in [0.2, 0.25) is 0 Å². The summed E-state index contributed by atoms with van der Waals surface area (Å²) in [7, 11) is 3.31. The number of hydrogen-bond acceptors (Lipinski definition) is 9. The Labute approximate surface area is 264 Å². The number of nitrogens with one attached hydrogen (secondary N) is 1. The van der Waals surface area contributed by atoms with Gasteiger partial charge in [-0.05, 0) is 53.3 Å². The molecular formula is C35H42N2O8. The van der Waals surface area contributed by atoms with Crippen LogP contribution in [0.1, 0.15) is 66.0 Å². The van der Waals surface area contributed by atoms with Gasteiger partial charge in [-0.25, -0.2) is 0 Å². The van der Waals surface area contributed by atoms with Crippen molar-refractivity contribution in [2.24, 2.45) is 0 Å². The third-order valence-electron chi connectivity index (χ3n) is 8.30. The summed E-state index contributed by atoms with van der Waals surface area (Å²) < 4.78 is 29.1. The van der Waals surface area contributed by atoms with Crippen molar-refractivity contribution in [1.29, 1.82) is 0 Å². The van der Waals surface area contributed by atoms with Gasteiger partial charge in [0.25, 0.3) is 5.91 Å². The zero-order chi connectivity index (χ0) is 31.9. The Morgan fingerprint density at radius 2 is 1.60 bits per heavy atom. The molecule has 3 aromatic rings. The third-order valence-corrected chi connectivity index (χ3v) is 8.30. The summed E-state index contributed by atoms with van der Waals surface area (Å²) in [6.07, 6.45) is -0.120. The number of carbonyl (C=O) groups is 2. The average Bonchev–Trinajstić information content (AvgIpc) is 3.06. The van der Waals surface area contributed by atoms with E-state index in [2.05, 4.69) is 22.3 Å². The summed E-state index contributed by atoms with van der Waals surface area (Å²) in [6.45, 7) is 5.53. The Kier molecular flexibility index (Phi) is 10.7. The van der Waals surface area contributed by atoms with Crippen molar-refractivity contribution < 1.29 is 38.4 Å². The van der Waals surface area contributed by atoms with Crippen LogP contribution < -0.4 is 14.8 Å². The molecule has 10 heteroatoms. The first-order valence-corrected chi connectivity index (χ1v) is 15.3. The molecule has 0 saturated carbocycles. The number of nitrogens with zero attached hydrogens (tertiary/aromatic N) is 1. The van der Waals surface area contributed by atoms with Gasteiger partial charge in [-0.15, -0.1) is 0 Å². The third kappa shape index (κ3) is 8.20. The Bertz CT molecular complexity index is 1460. The first-order valence-electron chi connectivity index (χ1n) is 15.3. The van der Waals surface area contributed by atoms with E-state index in [1.807, 2.05) is 48.5 Å². The number of benzene rings is 3. The van der Waals surface area contributed by atoms with Crippen molar-refractivity contribution in [3.63, 3.8) is 0 Å². The van der Waals surface area contributed by atoms with Crippen LogP contribution >= 0.6 is 0 Å². The Morgan fingerprint density at radius 3 is 2.24 bits per heavy atom. The summed E-state index contributed by atoms with van der Waals surface area (Å²) in [6, 6.07) is 19.8. The summed E-state index contributed by atoms with van der Waals surface area (Å²) >= 11 is 0. The van der Waals surface area contributed by atoms with Crippen LogP contribution in [0.2, 0.25) is 0 Å². The van der Waals surface area contributed by atoms with Crippen molar-refractivity contribution in [2.45, 2.75) is 71.0 Å². The minimum Gasteiger partial charge on any atom is -0.493 e. The number of esters is 1. The molecule has 2 aliphatic rings. The number of amides is 1. The molecule has 1 amide bonds. The average molecular weight is 619 g/mol. The van der Waals surface area contributed by atoms with Crippen molar-refractivity contribution >= 4 is 11.9 Å². The Hall–Kier alpha value is -3.96. The van der Waals surface area contributed by atoms with Crippen LogP contribution in [0, 0.1) is 0 Å². The second kappa shape index (κ2) is 14.9. The van der Waals surface area contributed by atoms with Gasteiger partial charge in [0.05, 0.1) is 33.0 Å². The van der Waals surface area contributed by atoms with Gasteiger partial charge in [-0.3, -0.25) is 14.5 Å². The van der Waals surface area contributed by atoms with Crippen molar-refractivity contribution in [2.75, 3.05) is 27.3 Å². The normalized spacial score (nSPS) is 20.5. The molecule has 45 heavy (non-hydrogen) atoms. The van der Waals surface area contributed by atoms with E-state index in [4.69, 9.17) is 23.7 Å². The number of fused-ring (bicyclic) bond motifs is 1. The lowest BCUT2D eigenvalue weighted by molar-refractivity contribution is -0.253. The standard InChI is InChI=1S/C35H42N2O8/c1-22(43-23(2)39)34(40)36-18-24-5-11-27(12-6-24)35-44-30(17-31(45-35)26-9-7-25(21-38)8-10-26)20-37-14-13-28-15-32(41-3)33(42-4)16-29(28)19-37/h5-12,15-16,22,30-31,35,38H,13-14,17-21H2,1-4H3,(H,36,40)/t22-,30-,31+,35?/m0/s1. The molecule has 0 bridgehead atoms. The number of carbonyl (C=O) groups excluding carboxylic acids is 2. The molecule has 3 aromatic carbocycles. The molecule has 240 valence electrons.